The number of likely N-dealkylation sites (N-methyl/N-ethyl adjacent to an activating group) is 1. The summed E-state index contributed by atoms with van der Waals surface area (Å²) in [6, 6.07) is 10.5. The van der Waals surface area contributed by atoms with Gasteiger partial charge in [-0.2, -0.15) is 0 Å². The molecule has 0 radical (unpaired) electrons. The van der Waals surface area contributed by atoms with E-state index in [-0.39, 0.29) is 6.04 Å². The summed E-state index contributed by atoms with van der Waals surface area (Å²) < 4.78 is 5.74. The van der Waals surface area contributed by atoms with E-state index < -0.39 is 0 Å². The van der Waals surface area contributed by atoms with Gasteiger partial charge in [0.05, 0.1) is 6.10 Å². The van der Waals surface area contributed by atoms with Crippen molar-refractivity contribution in [3.8, 4) is 0 Å². The molecule has 0 amide bonds. The number of hydrogen-bond donors (Lipinski definition) is 1. The third-order valence-corrected chi connectivity index (χ3v) is 4.28. The topological polar surface area (TPSA) is 38.5 Å². The van der Waals surface area contributed by atoms with Crippen molar-refractivity contribution in [3.05, 3.63) is 35.9 Å². The Labute approximate surface area is 123 Å². The van der Waals surface area contributed by atoms with Gasteiger partial charge in [0.1, 0.15) is 0 Å². The fourth-order valence-corrected chi connectivity index (χ4v) is 2.93. The van der Waals surface area contributed by atoms with E-state index in [0.717, 1.165) is 26.2 Å². The lowest BCUT2D eigenvalue weighted by Crippen LogP contribution is -2.38. The van der Waals surface area contributed by atoms with Crippen molar-refractivity contribution in [1.82, 2.24) is 4.90 Å². The molecule has 1 aromatic carbocycles. The zero-order valence-corrected chi connectivity index (χ0v) is 12.8. The number of hydrogen-bond acceptors (Lipinski definition) is 3. The predicted molar refractivity (Wildman–Crippen MR) is 83.6 cm³/mol. The molecule has 1 heterocycles. The number of nitrogens with two attached hydrogens (primary N) is 1. The Morgan fingerprint density at radius 3 is 2.70 bits per heavy atom. The standard InChI is InChI=1S/C17H28N2O/c1-3-19(13-16-10-7-11-20-16)12-14(2)17(18)15-8-5-4-6-9-15/h4-6,8-9,14,16-17H,3,7,10-13,18H2,1-2H3. The summed E-state index contributed by atoms with van der Waals surface area (Å²) in [6.07, 6.45) is 2.84. The van der Waals surface area contributed by atoms with E-state index in [2.05, 4.69) is 43.0 Å². The first-order valence-electron chi connectivity index (χ1n) is 7.85. The Morgan fingerprint density at radius 2 is 2.10 bits per heavy atom. The molecule has 2 rings (SSSR count). The Bertz CT molecular complexity index is 376. The molecule has 0 aromatic heterocycles. The van der Waals surface area contributed by atoms with Gasteiger partial charge in [-0.3, -0.25) is 0 Å². The van der Waals surface area contributed by atoms with Crippen molar-refractivity contribution in [3.63, 3.8) is 0 Å². The van der Waals surface area contributed by atoms with Gasteiger partial charge in [-0.1, -0.05) is 44.2 Å². The zero-order valence-electron chi connectivity index (χ0n) is 12.8. The van der Waals surface area contributed by atoms with Gasteiger partial charge in [-0.15, -0.1) is 0 Å². The van der Waals surface area contributed by atoms with E-state index in [4.69, 9.17) is 10.5 Å². The van der Waals surface area contributed by atoms with Crippen LogP contribution in [-0.2, 0) is 4.74 Å². The van der Waals surface area contributed by atoms with Gasteiger partial charge >= 0.3 is 0 Å². The smallest absolute Gasteiger partial charge is 0.0702 e. The summed E-state index contributed by atoms with van der Waals surface area (Å²) in [5, 5.41) is 0. The zero-order chi connectivity index (χ0) is 14.4. The van der Waals surface area contributed by atoms with Crippen molar-refractivity contribution < 1.29 is 4.74 Å². The largest absolute Gasteiger partial charge is 0.377 e. The van der Waals surface area contributed by atoms with Crippen molar-refractivity contribution >= 4 is 0 Å². The molecule has 1 aliphatic rings. The van der Waals surface area contributed by atoms with Gasteiger partial charge in [-0.05, 0) is 30.9 Å². The fraction of sp³-hybridized carbons (Fsp3) is 0.647. The first-order chi connectivity index (χ1) is 9.70. The molecular weight excluding hydrogens is 248 g/mol. The normalized spacial score (nSPS) is 22.1. The Morgan fingerprint density at radius 1 is 1.35 bits per heavy atom. The first kappa shape index (κ1) is 15.5. The Balaban J connectivity index is 1.86. The van der Waals surface area contributed by atoms with E-state index in [1.54, 1.807) is 0 Å². The molecule has 0 bridgehead atoms. The molecule has 0 saturated carbocycles. The van der Waals surface area contributed by atoms with Crippen LogP contribution in [0.2, 0.25) is 0 Å². The molecule has 20 heavy (non-hydrogen) atoms. The molecule has 3 nitrogen and oxygen atoms in total. The minimum atomic E-state index is 0.106. The van der Waals surface area contributed by atoms with Crippen LogP contribution in [0.25, 0.3) is 0 Å². The minimum absolute atomic E-state index is 0.106. The molecule has 3 heteroatoms. The second kappa shape index (κ2) is 7.77. The highest BCUT2D eigenvalue weighted by molar-refractivity contribution is 5.19. The van der Waals surface area contributed by atoms with E-state index in [1.807, 2.05) is 6.07 Å². The Kier molecular flexibility index (Phi) is 6.02. The van der Waals surface area contributed by atoms with Crippen LogP contribution >= 0.6 is 0 Å². The SMILES string of the molecule is CCN(CC1CCCO1)CC(C)C(N)c1ccccc1. The van der Waals surface area contributed by atoms with E-state index in [1.165, 1.54) is 18.4 Å². The highest BCUT2D eigenvalue weighted by Crippen LogP contribution is 2.21. The lowest BCUT2D eigenvalue weighted by atomic mass is 9.95. The number of rotatable bonds is 7. The summed E-state index contributed by atoms with van der Waals surface area (Å²) in [4.78, 5) is 2.48. The van der Waals surface area contributed by atoms with Crippen LogP contribution in [-0.4, -0.2) is 37.2 Å². The average Bonchev–Trinajstić information content (AvgIpc) is 2.99. The molecule has 1 aliphatic heterocycles. The number of benzene rings is 1. The highest BCUT2D eigenvalue weighted by Gasteiger charge is 2.22. The van der Waals surface area contributed by atoms with Crippen LogP contribution in [0, 0.1) is 5.92 Å². The third kappa shape index (κ3) is 4.30. The maximum Gasteiger partial charge on any atom is 0.0702 e. The van der Waals surface area contributed by atoms with Crippen LogP contribution in [0.1, 0.15) is 38.3 Å². The van der Waals surface area contributed by atoms with E-state index in [0.29, 0.717) is 12.0 Å². The van der Waals surface area contributed by atoms with Gasteiger partial charge in [0.15, 0.2) is 0 Å². The van der Waals surface area contributed by atoms with Crippen molar-refractivity contribution in [2.45, 2.75) is 38.8 Å². The van der Waals surface area contributed by atoms with E-state index >= 15 is 0 Å². The monoisotopic (exact) mass is 276 g/mol. The molecular formula is C17H28N2O. The number of ether oxygens (including phenoxy) is 1. The van der Waals surface area contributed by atoms with Gasteiger partial charge in [-0.25, -0.2) is 0 Å². The van der Waals surface area contributed by atoms with Crippen LogP contribution in [0.4, 0.5) is 0 Å². The van der Waals surface area contributed by atoms with Crippen LogP contribution in [0.3, 0.4) is 0 Å². The molecule has 1 aromatic rings. The van der Waals surface area contributed by atoms with Gasteiger partial charge in [0.25, 0.3) is 0 Å². The van der Waals surface area contributed by atoms with E-state index in [9.17, 15) is 0 Å². The second-order valence-corrected chi connectivity index (χ2v) is 5.90. The minimum Gasteiger partial charge on any atom is -0.377 e. The molecule has 0 aliphatic carbocycles. The summed E-state index contributed by atoms with van der Waals surface area (Å²) in [5.74, 6) is 0.443. The first-order valence-corrected chi connectivity index (χ1v) is 7.85. The molecule has 0 spiro atoms. The highest BCUT2D eigenvalue weighted by atomic mass is 16.5. The van der Waals surface area contributed by atoms with Crippen LogP contribution in [0.5, 0.6) is 0 Å². The average molecular weight is 276 g/mol. The predicted octanol–water partition coefficient (Wildman–Crippen LogP) is 2.82. The fourth-order valence-electron chi connectivity index (χ4n) is 2.93. The number of nitrogens with zero attached hydrogens (tertiary/aromatic N) is 1. The van der Waals surface area contributed by atoms with Crippen molar-refractivity contribution in [2.75, 3.05) is 26.2 Å². The lowest BCUT2D eigenvalue weighted by molar-refractivity contribution is 0.0688. The molecule has 2 N–H and O–H groups in total. The van der Waals surface area contributed by atoms with Crippen LogP contribution in [0.15, 0.2) is 30.3 Å². The molecule has 1 fully saturated rings. The van der Waals surface area contributed by atoms with Gasteiger partial charge in [0, 0.05) is 25.7 Å². The summed E-state index contributed by atoms with van der Waals surface area (Å²) >= 11 is 0. The maximum atomic E-state index is 6.39. The van der Waals surface area contributed by atoms with Crippen LogP contribution < -0.4 is 5.73 Å². The molecule has 3 atom stereocenters. The lowest BCUT2D eigenvalue weighted by Gasteiger charge is -2.29. The quantitative estimate of drug-likeness (QED) is 0.832. The van der Waals surface area contributed by atoms with Crippen molar-refractivity contribution in [2.24, 2.45) is 11.7 Å². The summed E-state index contributed by atoms with van der Waals surface area (Å²) in [7, 11) is 0. The Hall–Kier alpha value is -0.900. The summed E-state index contributed by atoms with van der Waals surface area (Å²) in [5.41, 5.74) is 7.62. The summed E-state index contributed by atoms with van der Waals surface area (Å²) in [6.45, 7) is 8.54. The molecule has 3 unspecified atom stereocenters. The van der Waals surface area contributed by atoms with Gasteiger partial charge in [0.2, 0.25) is 0 Å². The second-order valence-electron chi connectivity index (χ2n) is 5.90. The van der Waals surface area contributed by atoms with Crippen molar-refractivity contribution in [1.29, 1.82) is 0 Å². The maximum absolute atomic E-state index is 6.39. The molecule has 112 valence electrons. The van der Waals surface area contributed by atoms with Gasteiger partial charge < -0.3 is 15.4 Å². The molecule has 1 saturated heterocycles. The third-order valence-electron chi connectivity index (χ3n) is 4.28.